The summed E-state index contributed by atoms with van der Waals surface area (Å²) in [4.78, 5) is 11.0. The summed E-state index contributed by atoms with van der Waals surface area (Å²) >= 11 is 0. The van der Waals surface area contributed by atoms with Crippen molar-refractivity contribution in [1.29, 1.82) is 0 Å². The summed E-state index contributed by atoms with van der Waals surface area (Å²) in [6.45, 7) is 1.75. The number of carbonyl (C=O) groups is 1. The Labute approximate surface area is 92.7 Å². The fraction of sp³-hybridized carbons (Fsp3) is 0.0833. The number of para-hydroxylation sites is 1. The summed E-state index contributed by atoms with van der Waals surface area (Å²) < 4.78 is 13.2. The van der Waals surface area contributed by atoms with Crippen LogP contribution in [0.5, 0.6) is 0 Å². The molecule has 0 fully saturated rings. The summed E-state index contributed by atoms with van der Waals surface area (Å²) in [5.41, 5.74) is 5.49. The van der Waals surface area contributed by atoms with Crippen LogP contribution in [0.15, 0.2) is 36.4 Å². The molecule has 0 bridgehead atoms. The number of nitrogens with two attached hydrogens (primary N) is 1. The fourth-order valence-electron chi connectivity index (χ4n) is 1.24. The highest BCUT2D eigenvalue weighted by atomic mass is 19.1. The van der Waals surface area contributed by atoms with E-state index in [0.29, 0.717) is 0 Å². The zero-order valence-electron chi connectivity index (χ0n) is 8.77. The molecule has 0 unspecified atom stereocenters. The van der Waals surface area contributed by atoms with E-state index in [0.717, 1.165) is 0 Å². The molecule has 0 amide bonds. The first-order valence-corrected chi connectivity index (χ1v) is 4.68. The van der Waals surface area contributed by atoms with Gasteiger partial charge in [-0.2, -0.15) is 0 Å². The summed E-state index contributed by atoms with van der Waals surface area (Å²) in [6, 6.07) is 4.09. The second-order valence-corrected chi connectivity index (χ2v) is 3.11. The molecule has 16 heavy (non-hydrogen) atoms. The van der Waals surface area contributed by atoms with Crippen molar-refractivity contribution in [3.8, 4) is 0 Å². The predicted octanol–water partition coefficient (Wildman–Crippen LogP) is 2.45. The van der Waals surface area contributed by atoms with Crippen LogP contribution in [0.3, 0.4) is 0 Å². The average molecular weight is 221 g/mol. The minimum atomic E-state index is -1.14. The number of aliphatic carboxylic acids is 1. The number of hydrogen-bond acceptors (Lipinski definition) is 2. The minimum Gasteiger partial charge on any atom is -0.478 e. The Bertz CT molecular complexity index is 464. The van der Waals surface area contributed by atoms with Gasteiger partial charge in [0.15, 0.2) is 0 Å². The van der Waals surface area contributed by atoms with E-state index in [1.807, 2.05) is 0 Å². The van der Waals surface area contributed by atoms with Crippen molar-refractivity contribution >= 4 is 17.2 Å². The van der Waals surface area contributed by atoms with Gasteiger partial charge in [0.2, 0.25) is 0 Å². The third kappa shape index (κ3) is 2.48. The van der Waals surface area contributed by atoms with E-state index < -0.39 is 11.8 Å². The van der Waals surface area contributed by atoms with E-state index in [4.69, 9.17) is 10.8 Å². The highest BCUT2D eigenvalue weighted by Crippen LogP contribution is 2.24. The number of rotatable bonds is 3. The summed E-state index contributed by atoms with van der Waals surface area (Å²) in [5.74, 6) is -1.76. The third-order valence-corrected chi connectivity index (χ3v) is 2.03. The van der Waals surface area contributed by atoms with Gasteiger partial charge in [-0.1, -0.05) is 24.3 Å². The number of anilines is 1. The molecule has 84 valence electrons. The zero-order chi connectivity index (χ0) is 12.1. The molecule has 0 aliphatic carbocycles. The Morgan fingerprint density at radius 2 is 2.19 bits per heavy atom. The second-order valence-electron chi connectivity index (χ2n) is 3.11. The Morgan fingerprint density at radius 3 is 2.75 bits per heavy atom. The van der Waals surface area contributed by atoms with Crippen molar-refractivity contribution in [2.75, 3.05) is 5.73 Å². The van der Waals surface area contributed by atoms with E-state index in [1.165, 1.54) is 24.3 Å². The number of nitrogen functional groups attached to an aromatic ring is 1. The van der Waals surface area contributed by atoms with Gasteiger partial charge in [0, 0.05) is 5.56 Å². The lowest BCUT2D eigenvalue weighted by molar-refractivity contribution is -0.130. The van der Waals surface area contributed by atoms with Crippen molar-refractivity contribution in [2.45, 2.75) is 6.92 Å². The van der Waals surface area contributed by atoms with Crippen molar-refractivity contribution in [3.05, 3.63) is 47.8 Å². The number of carboxylic acid groups (broad SMARTS) is 1. The lowest BCUT2D eigenvalue weighted by Gasteiger charge is -2.06. The molecule has 1 aromatic carbocycles. The Kier molecular flexibility index (Phi) is 3.83. The lowest BCUT2D eigenvalue weighted by atomic mass is 10.0. The van der Waals surface area contributed by atoms with Crippen LogP contribution in [-0.2, 0) is 4.79 Å². The molecule has 0 radical (unpaired) electrons. The monoisotopic (exact) mass is 221 g/mol. The van der Waals surface area contributed by atoms with Gasteiger partial charge in [-0.25, -0.2) is 9.18 Å². The van der Waals surface area contributed by atoms with Crippen molar-refractivity contribution in [3.63, 3.8) is 0 Å². The number of hydrogen-bond donors (Lipinski definition) is 2. The van der Waals surface area contributed by atoms with E-state index in [-0.39, 0.29) is 16.8 Å². The van der Waals surface area contributed by atoms with E-state index in [2.05, 4.69) is 0 Å². The first kappa shape index (κ1) is 12.0. The Hall–Kier alpha value is -2.10. The van der Waals surface area contributed by atoms with E-state index in [9.17, 15) is 9.18 Å². The molecule has 0 aliphatic rings. The van der Waals surface area contributed by atoms with Gasteiger partial charge >= 0.3 is 5.97 Å². The molecule has 0 aromatic heterocycles. The number of halogens is 1. The molecule has 0 heterocycles. The highest BCUT2D eigenvalue weighted by molar-refractivity contribution is 6.17. The van der Waals surface area contributed by atoms with Crippen molar-refractivity contribution in [2.24, 2.45) is 0 Å². The first-order valence-electron chi connectivity index (χ1n) is 4.68. The number of carboxylic acids is 1. The molecule has 0 aliphatic heterocycles. The quantitative estimate of drug-likeness (QED) is 0.468. The molecule has 1 aromatic rings. The van der Waals surface area contributed by atoms with Crippen LogP contribution in [0.2, 0.25) is 0 Å². The molecule has 1 rings (SSSR count). The lowest BCUT2D eigenvalue weighted by Crippen LogP contribution is -2.04. The van der Waals surface area contributed by atoms with Gasteiger partial charge in [-0.05, 0) is 19.1 Å². The van der Waals surface area contributed by atoms with E-state index >= 15 is 0 Å². The maximum absolute atomic E-state index is 13.2. The maximum atomic E-state index is 13.2. The van der Waals surface area contributed by atoms with Gasteiger partial charge in [0.25, 0.3) is 0 Å². The molecule has 0 saturated heterocycles. The zero-order valence-corrected chi connectivity index (χ0v) is 8.77. The first-order chi connectivity index (χ1) is 7.57. The summed E-state index contributed by atoms with van der Waals surface area (Å²) in [6.07, 6.45) is 4.62. The smallest absolute Gasteiger partial charge is 0.336 e. The normalized spacial score (nSPS) is 12.0. The van der Waals surface area contributed by atoms with Crippen molar-refractivity contribution in [1.82, 2.24) is 0 Å². The largest absolute Gasteiger partial charge is 0.478 e. The Morgan fingerprint density at radius 1 is 1.50 bits per heavy atom. The van der Waals surface area contributed by atoms with Gasteiger partial charge in [-0.3, -0.25) is 0 Å². The molecule has 0 saturated carbocycles. The van der Waals surface area contributed by atoms with E-state index in [1.54, 1.807) is 19.1 Å². The average Bonchev–Trinajstić information content (AvgIpc) is 2.24. The second kappa shape index (κ2) is 5.11. The van der Waals surface area contributed by atoms with Gasteiger partial charge < -0.3 is 10.8 Å². The van der Waals surface area contributed by atoms with Crippen LogP contribution in [0, 0.1) is 5.82 Å². The molecular formula is C12H12FNO2. The van der Waals surface area contributed by atoms with Crippen molar-refractivity contribution < 1.29 is 14.3 Å². The summed E-state index contributed by atoms with van der Waals surface area (Å²) in [7, 11) is 0. The Balaban J connectivity index is 3.32. The van der Waals surface area contributed by atoms with Gasteiger partial charge in [0.05, 0.1) is 11.3 Å². The molecular weight excluding hydrogens is 209 g/mol. The maximum Gasteiger partial charge on any atom is 0.336 e. The van der Waals surface area contributed by atoms with Crippen LogP contribution in [0.1, 0.15) is 12.5 Å². The van der Waals surface area contributed by atoms with Crippen LogP contribution < -0.4 is 5.73 Å². The van der Waals surface area contributed by atoms with Crippen LogP contribution in [-0.4, -0.2) is 11.1 Å². The molecule has 3 N–H and O–H groups in total. The van der Waals surface area contributed by atoms with Crippen LogP contribution in [0.4, 0.5) is 10.1 Å². The molecule has 0 atom stereocenters. The fourth-order valence-corrected chi connectivity index (χ4v) is 1.24. The number of benzene rings is 1. The predicted molar refractivity (Wildman–Crippen MR) is 61.2 cm³/mol. The molecule has 3 nitrogen and oxygen atoms in total. The SMILES string of the molecule is CC=CC=C(C(=O)O)c1cccc(F)c1N. The van der Waals surface area contributed by atoms with Gasteiger partial charge in [0.1, 0.15) is 5.82 Å². The van der Waals surface area contributed by atoms with Gasteiger partial charge in [-0.15, -0.1) is 0 Å². The molecule has 4 heteroatoms. The minimum absolute atomic E-state index is 0.0323. The number of allylic oxidation sites excluding steroid dienone is 3. The topological polar surface area (TPSA) is 63.3 Å². The van der Waals surface area contributed by atoms with Crippen LogP contribution in [0.25, 0.3) is 5.57 Å². The standard InChI is InChI=1S/C12H12FNO2/c1-2-3-5-9(12(15)16)8-6-4-7-10(13)11(8)14/h2-7H,14H2,1H3,(H,15,16). The van der Waals surface area contributed by atoms with Crippen LogP contribution >= 0.6 is 0 Å². The molecule has 0 spiro atoms. The highest BCUT2D eigenvalue weighted by Gasteiger charge is 2.14. The third-order valence-electron chi connectivity index (χ3n) is 2.03. The summed E-state index contributed by atoms with van der Waals surface area (Å²) in [5, 5.41) is 8.99.